The average Bonchev–Trinajstić information content (AvgIpc) is 2.95. The second-order valence-electron chi connectivity index (χ2n) is 10.6. The fourth-order valence-electron chi connectivity index (χ4n) is 6.50. The third-order valence-corrected chi connectivity index (χ3v) is 7.70. The molecule has 1 unspecified atom stereocenters. The molecule has 0 N–H and O–H groups in total. The molecular formula is C24H34O5. The zero-order chi connectivity index (χ0) is 21.0. The number of allylic oxidation sites excluding steroid dienone is 2. The van der Waals surface area contributed by atoms with Gasteiger partial charge >= 0.3 is 5.97 Å². The van der Waals surface area contributed by atoms with Crippen LogP contribution in [0.5, 0.6) is 0 Å². The number of hydrogen-bond donors (Lipinski definition) is 0. The number of carbonyl (C=O) groups is 2. The average molecular weight is 403 g/mol. The van der Waals surface area contributed by atoms with Gasteiger partial charge in [0.05, 0.1) is 5.60 Å². The van der Waals surface area contributed by atoms with Gasteiger partial charge in [-0.2, -0.15) is 0 Å². The van der Waals surface area contributed by atoms with Crippen molar-refractivity contribution in [2.75, 3.05) is 0 Å². The van der Waals surface area contributed by atoms with Crippen LogP contribution in [-0.4, -0.2) is 29.1 Å². The summed E-state index contributed by atoms with van der Waals surface area (Å²) in [5, 5.41) is 0. The maximum Gasteiger partial charge on any atom is 0.302 e. The summed E-state index contributed by atoms with van der Waals surface area (Å²) in [6.07, 6.45) is 11.2. The second kappa shape index (κ2) is 7.05. The van der Waals surface area contributed by atoms with Crippen molar-refractivity contribution in [2.45, 2.75) is 90.4 Å². The quantitative estimate of drug-likeness (QED) is 0.389. The number of carbonyl (C=O) groups excluding carboxylic acids is 2. The van der Waals surface area contributed by atoms with Crippen molar-refractivity contribution < 1.29 is 24.1 Å². The molecule has 5 heteroatoms. The van der Waals surface area contributed by atoms with Gasteiger partial charge < -0.3 is 4.74 Å². The van der Waals surface area contributed by atoms with E-state index in [4.69, 9.17) is 14.5 Å². The molecule has 0 radical (unpaired) electrons. The largest absolute Gasteiger partial charge is 0.462 e. The molecule has 0 aromatic carbocycles. The highest BCUT2D eigenvalue weighted by molar-refractivity contribution is 6.01. The Morgan fingerprint density at radius 2 is 1.90 bits per heavy atom. The van der Waals surface area contributed by atoms with Crippen LogP contribution in [-0.2, 0) is 24.1 Å². The van der Waals surface area contributed by atoms with Crippen molar-refractivity contribution in [3.8, 4) is 0 Å². The number of fused-ring (bicyclic) bond motifs is 5. The molecule has 0 aromatic rings. The number of esters is 1. The SMILES string of the molecule is CC(=O)O[C@H]1CC[C@H]2[C@@H]3CCC4=CC(=O)C=CC4(OOC(C)(C)C)[C@H]3CC[C@]12C. The molecule has 3 saturated carbocycles. The monoisotopic (exact) mass is 402 g/mol. The van der Waals surface area contributed by atoms with E-state index in [0.29, 0.717) is 11.8 Å². The lowest BCUT2D eigenvalue weighted by molar-refractivity contribution is -0.401. The van der Waals surface area contributed by atoms with E-state index in [9.17, 15) is 9.59 Å². The van der Waals surface area contributed by atoms with Crippen LogP contribution in [0.3, 0.4) is 0 Å². The molecule has 0 saturated heterocycles. The summed E-state index contributed by atoms with van der Waals surface area (Å²) < 4.78 is 5.74. The van der Waals surface area contributed by atoms with Gasteiger partial charge in [0.1, 0.15) is 11.7 Å². The van der Waals surface area contributed by atoms with Crippen molar-refractivity contribution >= 4 is 11.8 Å². The van der Waals surface area contributed by atoms with E-state index in [-0.39, 0.29) is 29.2 Å². The van der Waals surface area contributed by atoms with Crippen LogP contribution in [0.25, 0.3) is 0 Å². The van der Waals surface area contributed by atoms with Gasteiger partial charge in [0, 0.05) is 18.3 Å². The second-order valence-corrected chi connectivity index (χ2v) is 10.6. The molecule has 4 rings (SSSR count). The first-order chi connectivity index (χ1) is 13.6. The lowest BCUT2D eigenvalue weighted by atomic mass is 9.51. The summed E-state index contributed by atoms with van der Waals surface area (Å²) in [4.78, 5) is 35.8. The van der Waals surface area contributed by atoms with E-state index in [2.05, 4.69) is 6.92 Å². The Labute approximate surface area is 173 Å². The maximum atomic E-state index is 12.1. The molecule has 0 bridgehead atoms. The van der Waals surface area contributed by atoms with Crippen LogP contribution in [0.2, 0.25) is 0 Å². The van der Waals surface area contributed by atoms with E-state index < -0.39 is 11.2 Å². The molecule has 0 aliphatic heterocycles. The Morgan fingerprint density at radius 1 is 1.14 bits per heavy atom. The van der Waals surface area contributed by atoms with Crippen LogP contribution < -0.4 is 0 Å². The topological polar surface area (TPSA) is 61.8 Å². The van der Waals surface area contributed by atoms with Crippen molar-refractivity contribution in [3.63, 3.8) is 0 Å². The van der Waals surface area contributed by atoms with Gasteiger partial charge in [-0.05, 0) is 94.9 Å². The first-order valence-corrected chi connectivity index (χ1v) is 11.0. The highest BCUT2D eigenvalue weighted by atomic mass is 17.2. The van der Waals surface area contributed by atoms with Crippen LogP contribution in [0.4, 0.5) is 0 Å². The predicted molar refractivity (Wildman–Crippen MR) is 109 cm³/mol. The van der Waals surface area contributed by atoms with Gasteiger partial charge in [0.15, 0.2) is 5.78 Å². The first kappa shape index (κ1) is 20.8. The van der Waals surface area contributed by atoms with Crippen molar-refractivity contribution in [2.24, 2.45) is 23.2 Å². The first-order valence-electron chi connectivity index (χ1n) is 11.0. The molecule has 4 aliphatic rings. The minimum atomic E-state index is -0.662. The Morgan fingerprint density at radius 3 is 2.59 bits per heavy atom. The molecule has 0 heterocycles. The summed E-state index contributed by atoms with van der Waals surface area (Å²) in [6.45, 7) is 9.74. The highest BCUT2D eigenvalue weighted by Crippen LogP contribution is 2.63. The highest BCUT2D eigenvalue weighted by Gasteiger charge is 2.61. The third kappa shape index (κ3) is 3.50. The Bertz CT molecular complexity index is 760. The van der Waals surface area contributed by atoms with Crippen LogP contribution in [0, 0.1) is 23.2 Å². The van der Waals surface area contributed by atoms with E-state index in [1.807, 2.05) is 26.8 Å². The normalized spacial score (nSPS) is 41.3. The fraction of sp³-hybridized carbons (Fsp3) is 0.750. The van der Waals surface area contributed by atoms with Crippen LogP contribution >= 0.6 is 0 Å². The van der Waals surface area contributed by atoms with Crippen LogP contribution in [0.15, 0.2) is 23.8 Å². The van der Waals surface area contributed by atoms with Crippen molar-refractivity contribution in [1.82, 2.24) is 0 Å². The lowest BCUT2D eigenvalue weighted by Crippen LogP contribution is -2.56. The van der Waals surface area contributed by atoms with Crippen LogP contribution in [0.1, 0.15) is 73.1 Å². The van der Waals surface area contributed by atoms with E-state index in [0.717, 1.165) is 44.1 Å². The van der Waals surface area contributed by atoms with E-state index >= 15 is 0 Å². The molecule has 0 amide bonds. The molecule has 160 valence electrons. The summed E-state index contributed by atoms with van der Waals surface area (Å²) >= 11 is 0. The Hall–Kier alpha value is -1.46. The predicted octanol–water partition coefficient (Wildman–Crippen LogP) is 4.71. The van der Waals surface area contributed by atoms with Crippen molar-refractivity contribution in [3.05, 3.63) is 23.8 Å². The van der Waals surface area contributed by atoms with Gasteiger partial charge in [0.2, 0.25) is 0 Å². The smallest absolute Gasteiger partial charge is 0.302 e. The van der Waals surface area contributed by atoms with Gasteiger partial charge in [-0.1, -0.05) is 6.92 Å². The number of rotatable bonds is 3. The minimum Gasteiger partial charge on any atom is -0.462 e. The summed E-state index contributed by atoms with van der Waals surface area (Å²) in [6, 6.07) is 0. The van der Waals surface area contributed by atoms with E-state index in [1.54, 1.807) is 12.2 Å². The summed E-state index contributed by atoms with van der Waals surface area (Å²) in [5.41, 5.74) is -0.0214. The zero-order valence-electron chi connectivity index (χ0n) is 18.3. The van der Waals surface area contributed by atoms with Crippen molar-refractivity contribution in [1.29, 1.82) is 0 Å². The molecule has 0 spiro atoms. The van der Waals surface area contributed by atoms with E-state index in [1.165, 1.54) is 6.92 Å². The molecule has 6 atom stereocenters. The molecule has 5 nitrogen and oxygen atoms in total. The minimum absolute atomic E-state index is 0.00839. The fourth-order valence-corrected chi connectivity index (χ4v) is 6.50. The Balaban J connectivity index is 1.65. The third-order valence-electron chi connectivity index (χ3n) is 7.70. The van der Waals surface area contributed by atoms with Gasteiger partial charge in [-0.3, -0.25) is 9.59 Å². The van der Waals surface area contributed by atoms with Gasteiger partial charge in [-0.15, -0.1) is 0 Å². The molecule has 3 fully saturated rings. The Kier molecular flexibility index (Phi) is 5.06. The maximum absolute atomic E-state index is 12.1. The van der Waals surface area contributed by atoms with Gasteiger partial charge in [-0.25, -0.2) is 9.78 Å². The lowest BCUT2D eigenvalue weighted by Gasteiger charge is -2.56. The molecule has 4 aliphatic carbocycles. The number of ketones is 1. The molecule has 0 aromatic heterocycles. The number of hydrogen-bond acceptors (Lipinski definition) is 5. The van der Waals surface area contributed by atoms with Gasteiger partial charge in [0.25, 0.3) is 0 Å². The number of ether oxygens (including phenoxy) is 1. The summed E-state index contributed by atoms with van der Waals surface area (Å²) in [5.74, 6) is 1.08. The summed E-state index contributed by atoms with van der Waals surface area (Å²) in [7, 11) is 0. The zero-order valence-corrected chi connectivity index (χ0v) is 18.3. The molecular weight excluding hydrogens is 368 g/mol. The molecule has 29 heavy (non-hydrogen) atoms. The standard InChI is InChI=1S/C24H34O5/c1-15(25)27-21-9-8-19-18-7-6-16-14-17(26)10-13-24(16,29-28-22(2,3)4)20(18)11-12-23(19,21)5/h10,13-14,18-21H,6-9,11-12H2,1-5H3/t18-,19-,20-,21-,23-,24?/m0/s1.